The molecule has 0 saturated carbocycles. The molecule has 0 aliphatic carbocycles. The summed E-state index contributed by atoms with van der Waals surface area (Å²) in [6, 6.07) is 45.8. The van der Waals surface area contributed by atoms with Crippen LogP contribution in [0.5, 0.6) is 51.7 Å². The van der Waals surface area contributed by atoms with Gasteiger partial charge >= 0.3 is 23.5 Å². The van der Waals surface area contributed by atoms with Crippen LogP contribution in [-0.2, 0) is 26.5 Å². The molecule has 0 N–H and O–H groups in total. The molecular formula is C95H79Br18N2O16P3. The SMILES string of the molecule is Brc1c(Br)c(Br)c(CCc2c(Br)c(Br)c(Br)c(Br)c2Br)c(Br)c1Br.C.Cc1cccc(C)c1OP(=O)(Oc1c(C)cccc1C)Oc1c(C)cccc1C.Cc1cccc(C)c1OP(=O)(Oc1cccc(OP(=O)(Oc2c(C)cccc2C)Oc2c(C)cccc2C)c1)Oc1c(C)cccc1C.O=C1c2c(Br)c(Br)c(Br)c(Br)c2C(=O)N1CCN1C(=O)c2c(Br)c(Br)c(Br)c(Br)c2C1=O. The maximum Gasteiger partial charge on any atom is 0.647 e. The Morgan fingerprint density at radius 1 is 0.216 bits per heavy atom. The third-order valence-electron chi connectivity index (χ3n) is 20.7. The number of para-hydroxylation sites is 7. The minimum absolute atomic E-state index is 0. The van der Waals surface area contributed by atoms with E-state index < -0.39 is 47.1 Å². The van der Waals surface area contributed by atoms with E-state index in [1.165, 1.54) is 17.2 Å². The minimum atomic E-state index is -4.39. The number of hydrogen-bond donors (Lipinski definition) is 0. The first-order chi connectivity index (χ1) is 62.5. The molecule has 0 aromatic heterocycles. The fourth-order valence-corrected chi connectivity index (χ4v) is 30.4. The molecule has 4 amide bonds. The van der Waals surface area contributed by atoms with E-state index in [9.17, 15) is 32.9 Å². The van der Waals surface area contributed by atoms with E-state index >= 15 is 0 Å². The van der Waals surface area contributed by atoms with Crippen LogP contribution in [0.2, 0.25) is 0 Å². The summed E-state index contributed by atoms with van der Waals surface area (Å²) in [5.74, 6) is 1.14. The van der Waals surface area contributed by atoms with E-state index in [-0.39, 0.29) is 54.3 Å². The van der Waals surface area contributed by atoms with Crippen molar-refractivity contribution in [2.75, 3.05) is 13.1 Å². The number of halogens is 18. The third kappa shape index (κ3) is 25.3. The molecule has 0 saturated heterocycles. The molecule has 0 radical (unpaired) electrons. The zero-order valence-electron chi connectivity index (χ0n) is 72.3. The van der Waals surface area contributed by atoms with Crippen LogP contribution in [0.3, 0.4) is 0 Å². The lowest BCUT2D eigenvalue weighted by Gasteiger charge is -2.24. The van der Waals surface area contributed by atoms with Crippen molar-refractivity contribution in [3.8, 4) is 51.7 Å². The summed E-state index contributed by atoms with van der Waals surface area (Å²) in [6.45, 7) is 26.0. The molecule has 12 aromatic rings. The van der Waals surface area contributed by atoms with Gasteiger partial charge in [-0.2, -0.15) is 13.7 Å². The molecule has 0 atom stereocenters. The number of amides is 4. The molecule has 2 aliphatic heterocycles. The molecule has 2 heterocycles. The smallest absolute Gasteiger partial charge is 0.386 e. The number of benzene rings is 12. The van der Waals surface area contributed by atoms with E-state index in [0.29, 0.717) is 76.0 Å². The maximum atomic E-state index is 14.5. The molecule has 18 nitrogen and oxygen atoms in total. The minimum Gasteiger partial charge on any atom is -0.386 e. The first kappa shape index (κ1) is 112. The highest BCUT2D eigenvalue weighted by atomic mass is 79.9. The van der Waals surface area contributed by atoms with E-state index in [1.807, 2.05) is 224 Å². The monoisotopic (exact) mass is 3020 g/mol. The Kier molecular flexibility index (Phi) is 40.1. The van der Waals surface area contributed by atoms with Crippen LogP contribution in [0.15, 0.2) is 232 Å². The highest BCUT2D eigenvalue weighted by molar-refractivity contribution is 9.17. The van der Waals surface area contributed by atoms with Crippen LogP contribution >= 0.6 is 310 Å². The van der Waals surface area contributed by atoms with Crippen molar-refractivity contribution in [2.24, 2.45) is 0 Å². The average molecular weight is 3040 g/mol. The van der Waals surface area contributed by atoms with Crippen molar-refractivity contribution in [3.05, 3.63) is 343 Å². The summed E-state index contributed by atoms with van der Waals surface area (Å²) in [5, 5.41) is 0. The second-order valence-corrected chi connectivity index (χ2v) is 48.9. The lowest BCUT2D eigenvalue weighted by atomic mass is 10.0. The molecule has 0 bridgehead atoms. The van der Waals surface area contributed by atoms with Crippen molar-refractivity contribution < 1.29 is 73.6 Å². The van der Waals surface area contributed by atoms with Crippen molar-refractivity contribution in [1.82, 2.24) is 9.80 Å². The maximum absolute atomic E-state index is 14.5. The molecule has 2 aliphatic rings. The van der Waals surface area contributed by atoms with E-state index in [2.05, 4.69) is 287 Å². The van der Waals surface area contributed by atoms with Gasteiger partial charge in [0.05, 0.1) is 22.3 Å². The molecule has 14 rings (SSSR count). The Bertz CT molecular complexity index is 6030. The topological polar surface area (TPSA) is 209 Å². The Hall–Kier alpha value is -3.55. The van der Waals surface area contributed by atoms with Gasteiger partial charge in [-0.25, -0.2) is 0 Å². The van der Waals surface area contributed by atoms with Crippen LogP contribution in [0.1, 0.15) is 138 Å². The standard InChI is InChI=1S/C38H40O8P2.C24H27O4P.C18H4Br8N2O4.C14H4Br10.CH4/c1-25-14-9-15-26(2)35(25)43-47(39,44-36-27(3)16-10-17-28(36)4)41-33-22-13-23-34(24-33)42-48(40,45-37-29(5)18-11-19-30(37)6)46-38-31(7)20-12-21-32(38)8;1-16-10-7-11-17(2)22(16)26-29(25,27-23-18(3)12-8-13-19(23)4)28-24-20(5)14-9-15-21(24)6;19-7-3-4(8(20)12(24)11(7)23)16(30)27(15(3)29)1-2-28-17(31)5-6(18(28)32)10(22)14(26)13(25)9(5)21;15-5-3(6(16)10(20)13(23)9(5)19)1-2-4-7(17)11(21)14(24)12(22)8(4)18;/h9-24H,1-8H3;7-15H,1-6H3;1-2H2;1-2H2;1H4. The number of imide groups is 2. The second kappa shape index (κ2) is 47.8. The Labute approximate surface area is 930 Å². The number of aryl methyl sites for hydroxylation is 14. The number of carbonyl (C=O) groups excluding carboxylic acids is 4. The van der Waals surface area contributed by atoms with E-state index in [0.717, 1.165) is 145 Å². The van der Waals surface area contributed by atoms with E-state index in [1.54, 1.807) is 18.2 Å². The van der Waals surface area contributed by atoms with Crippen molar-refractivity contribution in [2.45, 2.75) is 117 Å². The van der Waals surface area contributed by atoms with Gasteiger partial charge in [0.2, 0.25) is 0 Å². The molecule has 134 heavy (non-hydrogen) atoms. The molecular weight excluding hydrogens is 2960 g/mol. The quantitative estimate of drug-likeness (QED) is 0.0238. The van der Waals surface area contributed by atoms with Gasteiger partial charge in [0, 0.05) is 99.7 Å². The fourth-order valence-electron chi connectivity index (χ4n) is 13.8. The number of hydrogen-bond acceptors (Lipinski definition) is 16. The highest BCUT2D eigenvalue weighted by Gasteiger charge is 2.46. The van der Waals surface area contributed by atoms with Crippen molar-refractivity contribution in [3.63, 3.8) is 0 Å². The molecule has 39 heteroatoms. The molecule has 0 spiro atoms. The van der Waals surface area contributed by atoms with Gasteiger partial charge in [-0.1, -0.05) is 141 Å². The molecule has 0 fully saturated rings. The largest absolute Gasteiger partial charge is 0.647 e. The lowest BCUT2D eigenvalue weighted by Crippen LogP contribution is -2.40. The lowest BCUT2D eigenvalue weighted by molar-refractivity contribution is 0.0560. The zero-order valence-corrected chi connectivity index (χ0v) is 104. The van der Waals surface area contributed by atoms with Crippen LogP contribution in [0, 0.1) is 96.9 Å². The summed E-state index contributed by atoms with van der Waals surface area (Å²) >= 11 is 63.4. The number of fused-ring (bicyclic) bond motifs is 2. The summed E-state index contributed by atoms with van der Waals surface area (Å²) in [5.41, 5.74) is 14.4. The Morgan fingerprint density at radius 2 is 0.358 bits per heavy atom. The number of phosphoric acid groups is 3. The predicted octanol–water partition coefficient (Wildman–Crippen LogP) is 38.0. The summed E-state index contributed by atoms with van der Waals surface area (Å²) < 4.78 is 112. The Balaban J connectivity index is 0.000000191. The first-order valence-electron chi connectivity index (χ1n) is 39.5. The van der Waals surface area contributed by atoms with Crippen LogP contribution in [-0.4, -0.2) is 46.5 Å². The van der Waals surface area contributed by atoms with Gasteiger partial charge < -0.3 is 40.7 Å². The summed E-state index contributed by atoms with van der Waals surface area (Å²) in [4.78, 5) is 54.2. The van der Waals surface area contributed by atoms with Crippen LogP contribution in [0.25, 0.3) is 0 Å². The van der Waals surface area contributed by atoms with Gasteiger partial charge in [0.15, 0.2) is 0 Å². The molecule has 12 aromatic carbocycles. The normalized spacial score (nSPS) is 12.2. The van der Waals surface area contributed by atoms with Gasteiger partial charge in [0.1, 0.15) is 51.7 Å². The number of rotatable bonds is 24. The van der Waals surface area contributed by atoms with Crippen molar-refractivity contribution >= 4 is 334 Å². The Morgan fingerprint density at radius 3 is 0.530 bits per heavy atom. The number of carbonyl (C=O) groups is 4. The van der Waals surface area contributed by atoms with Gasteiger partial charge in [-0.05, 0) is 498 Å². The first-order valence-corrected chi connectivity index (χ1v) is 58.2. The number of nitrogens with zero attached hydrogens (tertiary/aromatic N) is 2. The summed E-state index contributed by atoms with van der Waals surface area (Å²) in [7, 11) is -12.8. The highest BCUT2D eigenvalue weighted by Crippen LogP contribution is 2.59. The zero-order chi connectivity index (χ0) is 98.0. The summed E-state index contributed by atoms with van der Waals surface area (Å²) in [6.07, 6.45) is 1.70. The van der Waals surface area contributed by atoms with Crippen molar-refractivity contribution in [1.29, 1.82) is 0 Å². The van der Waals surface area contributed by atoms with Gasteiger partial charge in [-0.3, -0.25) is 29.0 Å². The fraction of sp³-hybridized carbons (Fsp3) is 0.200. The second-order valence-electron chi connectivity index (χ2n) is 30.3. The van der Waals surface area contributed by atoms with Crippen LogP contribution in [0.4, 0.5) is 0 Å². The third-order valence-corrected chi connectivity index (χ3v) is 46.4. The number of phosphoric ester groups is 3. The van der Waals surface area contributed by atoms with Crippen LogP contribution < -0.4 is 40.7 Å². The average Bonchev–Trinajstić information content (AvgIpc) is 1.58. The van der Waals surface area contributed by atoms with Gasteiger partial charge in [0.25, 0.3) is 23.6 Å². The predicted molar refractivity (Wildman–Crippen MR) is 596 cm³/mol. The molecule has 0 unspecified atom stereocenters. The molecule has 706 valence electrons. The van der Waals surface area contributed by atoms with Gasteiger partial charge in [-0.15, -0.1) is 0 Å². The van der Waals surface area contributed by atoms with E-state index in [4.69, 9.17) is 40.7 Å².